The number of carbonyl (C=O) groups is 2. The molecule has 1 heterocycles. The van der Waals surface area contributed by atoms with Crippen LogP contribution in [0.15, 0.2) is 48.6 Å². The second-order valence-electron chi connectivity index (χ2n) is 23.9. The van der Waals surface area contributed by atoms with Crippen LogP contribution in [0.3, 0.4) is 0 Å². The normalized spacial score (nSPS) is 18.9. The summed E-state index contributed by atoms with van der Waals surface area (Å²) in [5, 5.41) is 57.2. The summed E-state index contributed by atoms with van der Waals surface area (Å²) in [4.78, 5) is 26.6. The van der Waals surface area contributed by atoms with Crippen molar-refractivity contribution in [3.05, 3.63) is 48.6 Å². The Labute approximate surface area is 497 Å². The van der Waals surface area contributed by atoms with Gasteiger partial charge in [0.2, 0.25) is 5.91 Å². The van der Waals surface area contributed by atoms with Crippen LogP contribution in [0.25, 0.3) is 0 Å². The zero-order chi connectivity index (χ0) is 58.9. The number of aliphatic hydroxyl groups is 5. The number of nitrogens with one attached hydrogen (secondary N) is 1. The van der Waals surface area contributed by atoms with Crippen LogP contribution in [0, 0.1) is 0 Å². The number of hydrogen-bond donors (Lipinski definition) is 6. The lowest BCUT2D eigenvalue weighted by atomic mass is 9.99. The van der Waals surface area contributed by atoms with E-state index in [1.807, 2.05) is 6.08 Å². The van der Waals surface area contributed by atoms with E-state index in [0.717, 1.165) is 77.0 Å². The number of allylic oxidation sites excluding steroid dienone is 7. The second kappa shape index (κ2) is 58.0. The largest absolute Gasteiger partial charge is 0.454 e. The van der Waals surface area contributed by atoms with Crippen LogP contribution < -0.4 is 5.32 Å². The number of amides is 1. The molecular weight excluding hydrogens is 1010 g/mol. The number of hydrogen-bond acceptors (Lipinski definition) is 10. The second-order valence-corrected chi connectivity index (χ2v) is 23.9. The van der Waals surface area contributed by atoms with Crippen LogP contribution in [-0.2, 0) is 23.8 Å². The van der Waals surface area contributed by atoms with Crippen LogP contribution in [-0.4, -0.2) is 99.6 Å². The highest BCUT2D eigenvalue weighted by Gasteiger charge is 2.47. The molecule has 81 heavy (non-hydrogen) atoms. The van der Waals surface area contributed by atoms with Crippen LogP contribution >= 0.6 is 0 Å². The third kappa shape index (κ3) is 45.6. The Morgan fingerprint density at radius 2 is 0.852 bits per heavy atom. The van der Waals surface area contributed by atoms with Crippen molar-refractivity contribution in [1.82, 2.24) is 5.32 Å². The van der Waals surface area contributed by atoms with Gasteiger partial charge in [0.15, 0.2) is 12.4 Å². The minimum atomic E-state index is -1.62. The maximum absolute atomic E-state index is 13.5. The third-order valence-corrected chi connectivity index (χ3v) is 16.2. The lowest BCUT2D eigenvalue weighted by Gasteiger charge is -2.41. The third-order valence-electron chi connectivity index (χ3n) is 16.2. The first-order chi connectivity index (χ1) is 39.7. The standard InChI is InChI=1S/C70H129NO10/c1-4-7-10-13-16-19-22-25-27-29-30-31-32-33-35-36-39-42-45-48-51-54-57-63(74)69(78)71-61(62(73)56-53-50-47-44-41-38-24-21-18-15-12-9-6-3)60-79-70-68(67(77)66(76)64(59-72)80-70)81-65(75)58-55-52-49-46-43-40-37-34-28-26-23-20-17-14-11-8-5-2/h17,20,25-28,53,56,61-64,66-68,70,72-74,76-77H,4-16,18-19,21-24,29-52,54-55,57-60H2,1-3H3,(H,71,78)/b20-17-,27-25+,28-26-,56-53+. The van der Waals surface area contributed by atoms with Crippen molar-refractivity contribution >= 4 is 11.9 Å². The molecule has 1 aliphatic rings. The Bertz CT molecular complexity index is 1500. The molecule has 0 spiro atoms. The van der Waals surface area contributed by atoms with Gasteiger partial charge in [-0.1, -0.05) is 281 Å². The predicted molar refractivity (Wildman–Crippen MR) is 338 cm³/mol. The maximum atomic E-state index is 13.5. The average molecular weight is 1140 g/mol. The summed E-state index contributed by atoms with van der Waals surface area (Å²) in [7, 11) is 0. The van der Waals surface area contributed by atoms with Crippen LogP contribution in [0.4, 0.5) is 0 Å². The molecule has 0 aromatic rings. The Hall–Kier alpha value is -2.38. The van der Waals surface area contributed by atoms with Gasteiger partial charge in [-0.2, -0.15) is 0 Å². The highest BCUT2D eigenvalue weighted by atomic mass is 16.7. The molecule has 1 fully saturated rings. The fraction of sp³-hybridized carbons (Fsp3) is 0.857. The van der Waals surface area contributed by atoms with Crippen molar-refractivity contribution < 1.29 is 49.3 Å². The zero-order valence-corrected chi connectivity index (χ0v) is 52.7. The zero-order valence-electron chi connectivity index (χ0n) is 52.7. The fourth-order valence-electron chi connectivity index (χ4n) is 10.7. The molecule has 0 aromatic heterocycles. The number of esters is 1. The number of unbranched alkanes of at least 4 members (excludes halogenated alkanes) is 39. The van der Waals surface area contributed by atoms with E-state index in [1.165, 1.54) is 199 Å². The highest BCUT2D eigenvalue weighted by molar-refractivity contribution is 5.80. The fourth-order valence-corrected chi connectivity index (χ4v) is 10.7. The van der Waals surface area contributed by atoms with Gasteiger partial charge in [0, 0.05) is 6.42 Å². The first-order valence-electron chi connectivity index (χ1n) is 34.4. The number of rotatable bonds is 59. The van der Waals surface area contributed by atoms with E-state index in [4.69, 9.17) is 14.2 Å². The van der Waals surface area contributed by atoms with Crippen molar-refractivity contribution in [1.29, 1.82) is 0 Å². The van der Waals surface area contributed by atoms with E-state index in [1.54, 1.807) is 6.08 Å². The molecule has 1 rings (SSSR count). The van der Waals surface area contributed by atoms with Crippen LogP contribution in [0.1, 0.15) is 323 Å². The van der Waals surface area contributed by atoms with Gasteiger partial charge in [-0.25, -0.2) is 0 Å². The van der Waals surface area contributed by atoms with Gasteiger partial charge in [0.05, 0.1) is 25.4 Å². The molecule has 8 unspecified atom stereocenters. The molecular formula is C70H129NO10. The van der Waals surface area contributed by atoms with E-state index in [9.17, 15) is 35.1 Å². The van der Waals surface area contributed by atoms with Crippen molar-refractivity contribution in [2.24, 2.45) is 0 Å². The summed E-state index contributed by atoms with van der Waals surface area (Å²) >= 11 is 0. The molecule has 0 saturated carbocycles. The van der Waals surface area contributed by atoms with Crippen LogP contribution in [0.5, 0.6) is 0 Å². The molecule has 6 N–H and O–H groups in total. The Morgan fingerprint density at radius 1 is 0.481 bits per heavy atom. The van der Waals surface area contributed by atoms with Gasteiger partial charge in [-0.05, 0) is 83.5 Å². The lowest BCUT2D eigenvalue weighted by molar-refractivity contribution is -0.305. The van der Waals surface area contributed by atoms with Crippen LogP contribution in [0.2, 0.25) is 0 Å². The summed E-state index contributed by atoms with van der Waals surface area (Å²) in [6, 6.07) is -1.03. The highest BCUT2D eigenvalue weighted by Crippen LogP contribution is 2.26. The van der Waals surface area contributed by atoms with E-state index in [-0.39, 0.29) is 13.0 Å². The Kier molecular flexibility index (Phi) is 54.9. The van der Waals surface area contributed by atoms with Crippen molar-refractivity contribution in [2.45, 2.75) is 372 Å². The molecule has 11 heteroatoms. The van der Waals surface area contributed by atoms with E-state index in [2.05, 4.69) is 62.5 Å². The molecule has 0 aromatic carbocycles. The molecule has 0 bridgehead atoms. The molecule has 0 aliphatic carbocycles. The topological polar surface area (TPSA) is 175 Å². The van der Waals surface area contributed by atoms with Crippen molar-refractivity contribution in [3.8, 4) is 0 Å². The van der Waals surface area contributed by atoms with Gasteiger partial charge in [-0.15, -0.1) is 0 Å². The maximum Gasteiger partial charge on any atom is 0.306 e. The lowest BCUT2D eigenvalue weighted by Crippen LogP contribution is -2.61. The summed E-state index contributed by atoms with van der Waals surface area (Å²) < 4.78 is 17.7. The van der Waals surface area contributed by atoms with Gasteiger partial charge >= 0.3 is 5.97 Å². The first-order valence-corrected chi connectivity index (χ1v) is 34.4. The number of aliphatic hydroxyl groups excluding tert-OH is 5. The Balaban J connectivity index is 2.62. The monoisotopic (exact) mass is 1140 g/mol. The molecule has 11 nitrogen and oxygen atoms in total. The molecule has 8 atom stereocenters. The average Bonchev–Trinajstić information content (AvgIpc) is 3.46. The van der Waals surface area contributed by atoms with Gasteiger partial charge in [0.25, 0.3) is 0 Å². The summed E-state index contributed by atoms with van der Waals surface area (Å²) in [6.07, 6.45) is 61.4. The van der Waals surface area contributed by atoms with Crippen molar-refractivity contribution in [3.63, 3.8) is 0 Å². The summed E-state index contributed by atoms with van der Waals surface area (Å²) in [6.45, 7) is 5.79. The molecule has 0 radical (unpaired) electrons. The summed E-state index contributed by atoms with van der Waals surface area (Å²) in [5.41, 5.74) is 0. The quantitative estimate of drug-likeness (QED) is 0.0195. The molecule has 1 aliphatic heterocycles. The molecule has 1 saturated heterocycles. The number of ether oxygens (including phenoxy) is 3. The van der Waals surface area contributed by atoms with Crippen molar-refractivity contribution in [2.75, 3.05) is 13.2 Å². The van der Waals surface area contributed by atoms with Gasteiger partial charge < -0.3 is 45.1 Å². The number of carbonyl (C=O) groups excluding carboxylic acids is 2. The smallest absolute Gasteiger partial charge is 0.306 e. The minimum absolute atomic E-state index is 0.116. The minimum Gasteiger partial charge on any atom is -0.454 e. The first kappa shape index (κ1) is 76.6. The Morgan fingerprint density at radius 3 is 1.30 bits per heavy atom. The summed E-state index contributed by atoms with van der Waals surface area (Å²) in [5.74, 6) is -1.19. The van der Waals surface area contributed by atoms with Gasteiger partial charge in [-0.3, -0.25) is 9.59 Å². The predicted octanol–water partition coefficient (Wildman–Crippen LogP) is 17.2. The van der Waals surface area contributed by atoms with Gasteiger partial charge in [0.1, 0.15) is 24.4 Å². The SMILES string of the molecule is CCCCC/C=C\C/C=C\CCCCCCCCCC(=O)OC1C(OCC(NC(=O)C(O)CCCCCCCCCCCCCC/C=C/CCCCCCCC)C(O)/C=C/CCCCCCCCCCCCC)OC(CO)C(O)C1O. The molecule has 1 amide bonds. The van der Waals surface area contributed by atoms with E-state index in [0.29, 0.717) is 19.3 Å². The van der Waals surface area contributed by atoms with E-state index >= 15 is 0 Å². The molecule has 474 valence electrons. The van der Waals surface area contributed by atoms with E-state index < -0.39 is 67.4 Å².